The van der Waals surface area contributed by atoms with Crippen LogP contribution in [0, 0.1) is 0 Å². The first kappa shape index (κ1) is 13.5. The molecule has 0 atom stereocenters. The Morgan fingerprint density at radius 3 is 2.30 bits per heavy atom. The molecule has 7 nitrogen and oxygen atoms in total. The lowest BCUT2D eigenvalue weighted by Crippen LogP contribution is -2.28. The van der Waals surface area contributed by atoms with Crippen LogP contribution in [0.15, 0.2) is 36.7 Å². The molecule has 104 valence electrons. The van der Waals surface area contributed by atoms with Crippen molar-refractivity contribution in [3.63, 3.8) is 0 Å². The largest absolute Gasteiger partial charge is 0.504 e. The number of nitrogens with zero attached hydrogens (tertiary/aromatic N) is 1. The normalized spacial score (nSPS) is 10.0. The first-order valence-corrected chi connectivity index (χ1v) is 5.75. The smallest absolute Gasteiger partial charge is 0.319 e. The number of phenols is 3. The van der Waals surface area contributed by atoms with Gasteiger partial charge < -0.3 is 26.0 Å². The second-order valence-electron chi connectivity index (χ2n) is 4.03. The number of carbonyl (C=O) groups excluding carboxylic acids is 1. The highest BCUT2D eigenvalue weighted by Crippen LogP contribution is 2.37. The number of hydrogen-bond donors (Lipinski definition) is 5. The second-order valence-corrected chi connectivity index (χ2v) is 4.03. The first-order chi connectivity index (χ1) is 9.56. The summed E-state index contributed by atoms with van der Waals surface area (Å²) in [5.74, 6) is -1.67. The van der Waals surface area contributed by atoms with E-state index in [1.54, 1.807) is 24.5 Å². The van der Waals surface area contributed by atoms with Gasteiger partial charge in [-0.1, -0.05) is 0 Å². The third-order valence-corrected chi connectivity index (χ3v) is 2.53. The monoisotopic (exact) mass is 275 g/mol. The summed E-state index contributed by atoms with van der Waals surface area (Å²) in [6.07, 6.45) is 3.23. The van der Waals surface area contributed by atoms with Crippen LogP contribution >= 0.6 is 0 Å². The topological polar surface area (TPSA) is 115 Å². The Balaban J connectivity index is 1.95. The highest BCUT2D eigenvalue weighted by molar-refractivity contribution is 5.90. The van der Waals surface area contributed by atoms with Gasteiger partial charge in [0.2, 0.25) is 0 Å². The van der Waals surface area contributed by atoms with Gasteiger partial charge in [0.15, 0.2) is 17.2 Å². The second kappa shape index (κ2) is 5.79. The minimum atomic E-state index is -0.632. The number of rotatable bonds is 3. The number of hydrogen-bond acceptors (Lipinski definition) is 5. The summed E-state index contributed by atoms with van der Waals surface area (Å²) in [5.41, 5.74) is 1.04. The summed E-state index contributed by atoms with van der Waals surface area (Å²) < 4.78 is 0. The highest BCUT2D eigenvalue weighted by Gasteiger charge is 2.09. The molecule has 2 amide bonds. The average molecular weight is 275 g/mol. The molecule has 0 fully saturated rings. The van der Waals surface area contributed by atoms with Crippen LogP contribution in [-0.4, -0.2) is 26.3 Å². The molecule has 0 spiro atoms. The van der Waals surface area contributed by atoms with Crippen LogP contribution in [0.1, 0.15) is 5.56 Å². The molecule has 0 bridgehead atoms. The number of urea groups is 1. The predicted molar refractivity (Wildman–Crippen MR) is 71.5 cm³/mol. The number of nitrogens with one attached hydrogen (secondary N) is 2. The fraction of sp³-hybridized carbons (Fsp3) is 0.0769. The van der Waals surface area contributed by atoms with E-state index in [9.17, 15) is 20.1 Å². The van der Waals surface area contributed by atoms with E-state index in [0.717, 1.165) is 17.7 Å². The van der Waals surface area contributed by atoms with Gasteiger partial charge in [-0.2, -0.15) is 0 Å². The van der Waals surface area contributed by atoms with Crippen molar-refractivity contribution in [1.82, 2.24) is 10.3 Å². The van der Waals surface area contributed by atoms with E-state index in [1.165, 1.54) is 0 Å². The molecule has 1 heterocycles. The zero-order valence-electron chi connectivity index (χ0n) is 10.4. The summed E-state index contributed by atoms with van der Waals surface area (Å²) >= 11 is 0. The quantitative estimate of drug-likeness (QED) is 0.430. The zero-order chi connectivity index (χ0) is 14.5. The van der Waals surface area contributed by atoms with Crippen molar-refractivity contribution < 1.29 is 20.1 Å². The number of aromatic hydroxyl groups is 3. The number of pyridine rings is 1. The van der Waals surface area contributed by atoms with E-state index >= 15 is 0 Å². The van der Waals surface area contributed by atoms with Crippen LogP contribution in [0.2, 0.25) is 0 Å². The summed E-state index contributed by atoms with van der Waals surface area (Å²) in [5, 5.41) is 32.8. The van der Waals surface area contributed by atoms with E-state index in [0.29, 0.717) is 6.54 Å². The maximum atomic E-state index is 11.6. The Morgan fingerprint density at radius 1 is 1.10 bits per heavy atom. The minimum Gasteiger partial charge on any atom is -0.504 e. The number of carbonyl (C=O) groups is 1. The third kappa shape index (κ3) is 3.29. The van der Waals surface area contributed by atoms with Crippen molar-refractivity contribution >= 4 is 11.7 Å². The zero-order valence-corrected chi connectivity index (χ0v) is 10.4. The average Bonchev–Trinajstić information content (AvgIpc) is 2.43. The van der Waals surface area contributed by atoms with Gasteiger partial charge in [0.1, 0.15) is 0 Å². The number of benzene rings is 1. The number of anilines is 1. The van der Waals surface area contributed by atoms with Crippen LogP contribution < -0.4 is 10.6 Å². The molecule has 0 aliphatic rings. The molecule has 20 heavy (non-hydrogen) atoms. The van der Waals surface area contributed by atoms with Crippen LogP contribution in [0.5, 0.6) is 17.2 Å². The van der Waals surface area contributed by atoms with Crippen molar-refractivity contribution in [2.24, 2.45) is 0 Å². The van der Waals surface area contributed by atoms with Gasteiger partial charge in [0.25, 0.3) is 0 Å². The highest BCUT2D eigenvalue weighted by atomic mass is 16.3. The van der Waals surface area contributed by atoms with Gasteiger partial charge in [-0.15, -0.1) is 0 Å². The predicted octanol–water partition coefficient (Wildman–Crippen LogP) is 1.52. The summed E-state index contributed by atoms with van der Waals surface area (Å²) in [6, 6.07) is 5.27. The fourth-order valence-corrected chi connectivity index (χ4v) is 1.53. The lowest BCUT2D eigenvalue weighted by Gasteiger charge is -2.09. The maximum Gasteiger partial charge on any atom is 0.319 e. The Labute approximate surface area is 114 Å². The standard InChI is InChI=1S/C13H13N3O4/c17-10-5-9(6-11(18)12(10)19)16-13(20)15-7-8-1-3-14-4-2-8/h1-6,17-19H,7H2,(H2,15,16,20). The molecular formula is C13H13N3O4. The van der Waals surface area contributed by atoms with E-state index in [-0.39, 0.29) is 5.69 Å². The van der Waals surface area contributed by atoms with Crippen molar-refractivity contribution in [3.8, 4) is 17.2 Å². The molecule has 1 aromatic carbocycles. The Bertz CT molecular complexity index is 593. The van der Waals surface area contributed by atoms with Crippen LogP contribution in [0.4, 0.5) is 10.5 Å². The van der Waals surface area contributed by atoms with Gasteiger partial charge in [0.05, 0.1) is 5.69 Å². The number of phenolic OH excluding ortho intramolecular Hbond substituents is 3. The summed E-state index contributed by atoms with van der Waals surface area (Å²) in [6.45, 7) is 0.310. The van der Waals surface area contributed by atoms with Gasteiger partial charge in [0, 0.05) is 31.1 Å². The van der Waals surface area contributed by atoms with Crippen LogP contribution in [0.25, 0.3) is 0 Å². The lowest BCUT2D eigenvalue weighted by atomic mass is 10.2. The number of amides is 2. The first-order valence-electron chi connectivity index (χ1n) is 5.75. The Morgan fingerprint density at radius 2 is 1.70 bits per heavy atom. The number of aromatic nitrogens is 1. The molecule has 2 rings (SSSR count). The molecule has 0 saturated heterocycles. The van der Waals surface area contributed by atoms with Crippen molar-refractivity contribution in [2.45, 2.75) is 6.54 Å². The van der Waals surface area contributed by atoms with Crippen LogP contribution in [-0.2, 0) is 6.54 Å². The molecule has 0 aliphatic heterocycles. The molecule has 1 aromatic heterocycles. The summed E-state index contributed by atoms with van der Waals surface area (Å²) in [7, 11) is 0. The molecule has 7 heteroatoms. The molecule has 0 radical (unpaired) electrons. The van der Waals surface area contributed by atoms with E-state index < -0.39 is 23.3 Å². The molecule has 0 unspecified atom stereocenters. The van der Waals surface area contributed by atoms with Crippen molar-refractivity contribution in [2.75, 3.05) is 5.32 Å². The van der Waals surface area contributed by atoms with E-state index in [2.05, 4.69) is 15.6 Å². The maximum absolute atomic E-state index is 11.6. The third-order valence-electron chi connectivity index (χ3n) is 2.53. The van der Waals surface area contributed by atoms with Crippen LogP contribution in [0.3, 0.4) is 0 Å². The van der Waals surface area contributed by atoms with Crippen molar-refractivity contribution in [1.29, 1.82) is 0 Å². The fourth-order valence-electron chi connectivity index (χ4n) is 1.53. The van der Waals surface area contributed by atoms with Crippen molar-refractivity contribution in [3.05, 3.63) is 42.2 Å². The molecular weight excluding hydrogens is 262 g/mol. The van der Waals surface area contributed by atoms with Gasteiger partial charge in [-0.3, -0.25) is 4.98 Å². The molecule has 0 saturated carbocycles. The SMILES string of the molecule is O=C(NCc1ccncc1)Nc1cc(O)c(O)c(O)c1. The van der Waals surface area contributed by atoms with E-state index in [1.807, 2.05) is 0 Å². The van der Waals surface area contributed by atoms with Gasteiger partial charge in [-0.25, -0.2) is 4.79 Å². The minimum absolute atomic E-state index is 0.157. The van der Waals surface area contributed by atoms with Gasteiger partial charge in [-0.05, 0) is 17.7 Å². The Kier molecular flexibility index (Phi) is 3.90. The lowest BCUT2D eigenvalue weighted by molar-refractivity contribution is 0.251. The van der Waals surface area contributed by atoms with E-state index in [4.69, 9.17) is 0 Å². The Hall–Kier alpha value is -2.96. The molecule has 0 aliphatic carbocycles. The van der Waals surface area contributed by atoms with Gasteiger partial charge >= 0.3 is 6.03 Å². The molecule has 5 N–H and O–H groups in total. The molecule has 2 aromatic rings. The summed E-state index contributed by atoms with van der Waals surface area (Å²) in [4.78, 5) is 15.5.